The fourth-order valence-electron chi connectivity index (χ4n) is 2.64. The van der Waals surface area contributed by atoms with E-state index in [1.54, 1.807) is 21.8 Å². The standard InChI is InChI=1S/C16H22N2S3/c1-3-5-17-14(8-13-10-20-11(2)18-13)16-7-12-9-19-6-4-15(12)21-16/h7,10,14,17H,3-6,8-9H2,1-2H3. The van der Waals surface area contributed by atoms with Crippen LogP contribution in [-0.2, 0) is 18.6 Å². The molecule has 1 unspecified atom stereocenters. The number of nitrogens with one attached hydrogen (secondary N) is 1. The van der Waals surface area contributed by atoms with E-state index in [0.717, 1.165) is 13.0 Å². The van der Waals surface area contributed by atoms with Gasteiger partial charge in [0.05, 0.1) is 10.7 Å². The Kier molecular flexibility index (Phi) is 5.38. The third kappa shape index (κ3) is 3.89. The molecule has 2 nitrogen and oxygen atoms in total. The minimum absolute atomic E-state index is 0.423. The lowest BCUT2D eigenvalue weighted by Crippen LogP contribution is -2.23. The largest absolute Gasteiger partial charge is 0.309 e. The molecular formula is C16H22N2S3. The number of aromatic nitrogens is 1. The topological polar surface area (TPSA) is 24.9 Å². The van der Waals surface area contributed by atoms with Gasteiger partial charge in [-0.1, -0.05) is 6.92 Å². The third-order valence-corrected chi connectivity index (χ3v) is 6.89. The van der Waals surface area contributed by atoms with Gasteiger partial charge in [0.2, 0.25) is 0 Å². The first-order valence-electron chi connectivity index (χ1n) is 7.60. The Hall–Kier alpha value is -0.360. The molecule has 5 heteroatoms. The van der Waals surface area contributed by atoms with Crippen molar-refractivity contribution in [2.24, 2.45) is 0 Å². The smallest absolute Gasteiger partial charge is 0.0897 e. The summed E-state index contributed by atoms with van der Waals surface area (Å²) in [4.78, 5) is 7.76. The first-order valence-corrected chi connectivity index (χ1v) is 10.4. The third-order valence-electron chi connectivity index (χ3n) is 3.71. The number of fused-ring (bicyclic) bond motifs is 1. The summed E-state index contributed by atoms with van der Waals surface area (Å²) in [5.41, 5.74) is 2.80. The van der Waals surface area contributed by atoms with E-state index in [9.17, 15) is 0 Å². The van der Waals surface area contributed by atoms with Crippen LogP contribution in [0.15, 0.2) is 11.4 Å². The van der Waals surface area contributed by atoms with Crippen LogP contribution >= 0.6 is 34.4 Å². The first kappa shape index (κ1) is 15.5. The molecule has 0 saturated heterocycles. The van der Waals surface area contributed by atoms with Crippen molar-refractivity contribution in [3.05, 3.63) is 37.5 Å². The van der Waals surface area contributed by atoms with E-state index < -0.39 is 0 Å². The van der Waals surface area contributed by atoms with Gasteiger partial charge in [0.25, 0.3) is 0 Å². The highest BCUT2D eigenvalue weighted by molar-refractivity contribution is 7.98. The molecule has 2 aromatic heterocycles. The number of thiophene rings is 1. The Morgan fingerprint density at radius 3 is 3.05 bits per heavy atom. The van der Waals surface area contributed by atoms with Gasteiger partial charge in [0.1, 0.15) is 0 Å². The van der Waals surface area contributed by atoms with E-state index >= 15 is 0 Å². The van der Waals surface area contributed by atoms with E-state index in [4.69, 9.17) is 0 Å². The molecule has 0 bridgehead atoms. The fraction of sp³-hybridized carbons (Fsp3) is 0.562. The average molecular weight is 339 g/mol. The van der Waals surface area contributed by atoms with Crippen molar-refractivity contribution >= 4 is 34.4 Å². The van der Waals surface area contributed by atoms with Crippen LogP contribution in [0.25, 0.3) is 0 Å². The number of thiazole rings is 1. The van der Waals surface area contributed by atoms with Crippen LogP contribution in [0.1, 0.15) is 45.4 Å². The molecule has 3 rings (SSSR count). The molecule has 0 radical (unpaired) electrons. The van der Waals surface area contributed by atoms with Crippen molar-refractivity contribution in [3.63, 3.8) is 0 Å². The zero-order valence-electron chi connectivity index (χ0n) is 12.6. The second-order valence-electron chi connectivity index (χ2n) is 5.47. The molecule has 1 aliphatic heterocycles. The van der Waals surface area contributed by atoms with Crippen LogP contribution in [0.5, 0.6) is 0 Å². The quantitative estimate of drug-likeness (QED) is 0.834. The minimum Gasteiger partial charge on any atom is -0.309 e. The van der Waals surface area contributed by atoms with E-state index in [2.05, 4.69) is 47.4 Å². The van der Waals surface area contributed by atoms with Crippen molar-refractivity contribution in [2.45, 2.75) is 44.9 Å². The Bertz CT molecular complexity index is 565. The summed E-state index contributed by atoms with van der Waals surface area (Å²) in [5, 5.41) is 7.10. The molecule has 1 atom stereocenters. The van der Waals surface area contributed by atoms with Crippen LogP contribution in [0, 0.1) is 6.92 Å². The summed E-state index contributed by atoms with van der Waals surface area (Å²) < 4.78 is 0. The molecule has 1 N–H and O–H groups in total. The van der Waals surface area contributed by atoms with Crippen molar-refractivity contribution < 1.29 is 0 Å². The lowest BCUT2D eigenvalue weighted by atomic mass is 10.1. The van der Waals surface area contributed by atoms with Crippen molar-refractivity contribution in [3.8, 4) is 0 Å². The Morgan fingerprint density at radius 1 is 1.43 bits per heavy atom. The van der Waals surface area contributed by atoms with Crippen LogP contribution in [0.2, 0.25) is 0 Å². The van der Waals surface area contributed by atoms with Crippen LogP contribution in [-0.4, -0.2) is 17.3 Å². The molecule has 0 spiro atoms. The first-order chi connectivity index (χ1) is 10.3. The van der Waals surface area contributed by atoms with Gasteiger partial charge < -0.3 is 5.32 Å². The molecule has 0 amide bonds. The highest BCUT2D eigenvalue weighted by atomic mass is 32.2. The molecule has 0 fully saturated rings. The van der Waals surface area contributed by atoms with E-state index in [-0.39, 0.29) is 0 Å². The summed E-state index contributed by atoms with van der Waals surface area (Å²) in [7, 11) is 0. The molecule has 0 aromatic carbocycles. The molecule has 114 valence electrons. The second-order valence-corrected chi connectivity index (χ2v) is 8.80. The SMILES string of the molecule is CCCNC(Cc1csc(C)n1)c1cc2c(s1)CCSC2. The van der Waals surface area contributed by atoms with Gasteiger partial charge in [-0.25, -0.2) is 4.98 Å². The summed E-state index contributed by atoms with van der Waals surface area (Å²) in [5.74, 6) is 2.48. The molecule has 0 saturated carbocycles. The van der Waals surface area contributed by atoms with Gasteiger partial charge in [0.15, 0.2) is 0 Å². The van der Waals surface area contributed by atoms with Crippen LogP contribution < -0.4 is 5.32 Å². The number of nitrogens with zero attached hydrogens (tertiary/aromatic N) is 1. The number of hydrogen-bond acceptors (Lipinski definition) is 5. The van der Waals surface area contributed by atoms with Gasteiger partial charge in [-0.15, -0.1) is 22.7 Å². The number of rotatable bonds is 6. The maximum Gasteiger partial charge on any atom is 0.0897 e. The Balaban J connectivity index is 1.79. The van der Waals surface area contributed by atoms with Crippen molar-refractivity contribution in [1.82, 2.24) is 10.3 Å². The van der Waals surface area contributed by atoms with Gasteiger partial charge in [-0.2, -0.15) is 11.8 Å². The number of thioether (sulfide) groups is 1. The number of aryl methyl sites for hydroxylation is 2. The molecule has 21 heavy (non-hydrogen) atoms. The predicted octanol–water partition coefficient (Wildman–Crippen LogP) is 4.59. The Labute approximate surface area is 139 Å². The average Bonchev–Trinajstić information content (AvgIpc) is 3.09. The van der Waals surface area contributed by atoms with E-state index in [0.29, 0.717) is 6.04 Å². The fourth-order valence-corrected chi connectivity index (χ4v) is 5.72. The number of hydrogen-bond donors (Lipinski definition) is 1. The minimum atomic E-state index is 0.423. The van der Waals surface area contributed by atoms with Crippen molar-refractivity contribution in [1.29, 1.82) is 0 Å². The highest BCUT2D eigenvalue weighted by Crippen LogP contribution is 2.35. The summed E-state index contributed by atoms with van der Waals surface area (Å²) in [6.45, 7) is 5.39. The molecule has 2 aromatic rings. The zero-order valence-corrected chi connectivity index (χ0v) is 15.1. The summed E-state index contributed by atoms with van der Waals surface area (Å²) >= 11 is 5.84. The maximum absolute atomic E-state index is 4.64. The monoisotopic (exact) mass is 338 g/mol. The highest BCUT2D eigenvalue weighted by Gasteiger charge is 2.20. The van der Waals surface area contributed by atoms with Crippen LogP contribution in [0.3, 0.4) is 0 Å². The van der Waals surface area contributed by atoms with Crippen molar-refractivity contribution in [2.75, 3.05) is 12.3 Å². The summed E-state index contributed by atoms with van der Waals surface area (Å²) in [6.07, 6.45) is 3.44. The summed E-state index contributed by atoms with van der Waals surface area (Å²) in [6, 6.07) is 2.87. The van der Waals surface area contributed by atoms with Gasteiger partial charge in [-0.05, 0) is 43.7 Å². The van der Waals surface area contributed by atoms with E-state index in [1.807, 2.05) is 11.3 Å². The van der Waals surface area contributed by atoms with Crippen LogP contribution in [0.4, 0.5) is 0 Å². The molecule has 0 aliphatic carbocycles. The predicted molar refractivity (Wildman–Crippen MR) is 95.8 cm³/mol. The second kappa shape index (κ2) is 7.27. The van der Waals surface area contributed by atoms with Gasteiger partial charge >= 0.3 is 0 Å². The maximum atomic E-state index is 4.64. The van der Waals surface area contributed by atoms with E-state index in [1.165, 1.54) is 39.9 Å². The zero-order chi connectivity index (χ0) is 14.7. The van der Waals surface area contributed by atoms with Gasteiger partial charge in [0, 0.05) is 33.3 Å². The van der Waals surface area contributed by atoms with Gasteiger partial charge in [-0.3, -0.25) is 0 Å². The normalized spacial score (nSPS) is 15.9. The Morgan fingerprint density at radius 2 is 2.33 bits per heavy atom. The molecule has 1 aliphatic rings. The lowest BCUT2D eigenvalue weighted by Gasteiger charge is -2.16. The molecule has 3 heterocycles. The lowest BCUT2D eigenvalue weighted by molar-refractivity contribution is 0.532. The molecular weight excluding hydrogens is 316 g/mol.